The molecule has 0 bridgehead atoms. The average Bonchev–Trinajstić information content (AvgIpc) is 3.49. The molecule has 0 amide bonds. The Balaban J connectivity index is 0.000000198. The Bertz CT molecular complexity index is 1630. The molecule has 0 aromatic heterocycles. The smallest absolute Gasteiger partial charge is 0.0145 e. The number of rotatable bonds is 1. The van der Waals surface area contributed by atoms with E-state index in [4.69, 9.17) is 17.0 Å². The van der Waals surface area contributed by atoms with Crippen molar-refractivity contribution in [3.8, 4) is 0 Å². The molecule has 0 saturated carbocycles. The van der Waals surface area contributed by atoms with Crippen molar-refractivity contribution in [1.82, 2.24) is 0 Å². The van der Waals surface area contributed by atoms with Gasteiger partial charge in [0.2, 0.25) is 0 Å². The molecule has 5 aromatic rings. The first-order chi connectivity index (χ1) is 21.4. The summed E-state index contributed by atoms with van der Waals surface area (Å²) < 4.78 is 0. The van der Waals surface area contributed by atoms with Crippen LogP contribution < -0.4 is 5.19 Å². The van der Waals surface area contributed by atoms with E-state index in [0.717, 1.165) is 0 Å². The topological polar surface area (TPSA) is 0 Å². The Morgan fingerprint density at radius 3 is 1.13 bits per heavy atom. The van der Waals surface area contributed by atoms with Crippen molar-refractivity contribution >= 4 is 49.2 Å². The van der Waals surface area contributed by atoms with Crippen LogP contribution in [-0.4, -0.2) is 5.43 Å². The van der Waals surface area contributed by atoms with Gasteiger partial charge in [0.05, 0.1) is 0 Å². The second-order valence-electron chi connectivity index (χ2n) is 17.4. The molecule has 0 heterocycles. The molecule has 0 radical (unpaired) electrons. The molecule has 0 aliphatic rings. The predicted molar refractivity (Wildman–Crippen MR) is 213 cm³/mol. The second-order valence-corrected chi connectivity index (χ2v) is 38.3. The van der Waals surface area contributed by atoms with Crippen molar-refractivity contribution in [2.45, 2.75) is 125 Å². The fourth-order valence-corrected chi connectivity index (χ4v) is 13.7. The molecule has 5 aromatic carbocycles. The summed E-state index contributed by atoms with van der Waals surface area (Å²) in [5, 5.41) is 6.89. The molecule has 0 saturated heterocycles. The molecule has 0 atom stereocenters. The Kier molecular flexibility index (Phi) is 12.9. The third-order valence-corrected chi connectivity index (χ3v) is 26.8. The van der Waals surface area contributed by atoms with Gasteiger partial charge in [0.25, 0.3) is 0 Å². The van der Waals surface area contributed by atoms with Crippen molar-refractivity contribution in [2.75, 3.05) is 0 Å². The standard InChI is InChI=1S/2C18H25.C7H8Si.2ClH.Zr/c2*1-12-8-13-10-15(17(2,3)4)16(18(5,6)7)11-14(13)9-12;1-8-7-5-3-2-4-6-7;;;/h2*8-11H,1-7H3;2-6H,1H3;2*1H;/q2*-1;;;;+2/p-2. The van der Waals surface area contributed by atoms with Crippen molar-refractivity contribution in [3.05, 3.63) is 112 Å². The second kappa shape index (κ2) is 15.2. The molecule has 0 fully saturated rings. The summed E-state index contributed by atoms with van der Waals surface area (Å²) in [5.74, 6) is 0. The summed E-state index contributed by atoms with van der Waals surface area (Å²) in [7, 11) is 11.9. The van der Waals surface area contributed by atoms with E-state index >= 15 is 0 Å². The molecular weight excluding hydrogens is 707 g/mol. The average molecular weight is 765 g/mol. The van der Waals surface area contributed by atoms with Crippen LogP contribution in [0.5, 0.6) is 0 Å². The van der Waals surface area contributed by atoms with E-state index in [1.807, 2.05) is 18.2 Å². The van der Waals surface area contributed by atoms with E-state index in [0.29, 0.717) is 0 Å². The minimum Gasteiger partial charge on any atom is -0.165 e. The van der Waals surface area contributed by atoms with Crippen LogP contribution in [0.1, 0.15) is 116 Å². The van der Waals surface area contributed by atoms with Crippen LogP contribution in [0.3, 0.4) is 0 Å². The number of fused-ring (bicyclic) bond motifs is 2. The van der Waals surface area contributed by atoms with Crippen molar-refractivity contribution < 1.29 is 18.0 Å². The minimum absolute atomic E-state index is 0.196. The largest absolute Gasteiger partial charge is 0.165 e. The summed E-state index contributed by atoms with van der Waals surface area (Å²) in [4.78, 5) is 0. The van der Waals surface area contributed by atoms with Gasteiger partial charge in [-0.3, -0.25) is 0 Å². The monoisotopic (exact) mass is 762 g/mol. The maximum absolute atomic E-state index is 5.97. The SMILES string of the molecule is C[Si](c1ccccc1)=[Zr]([Cl])[Cl].Cc1cc2cc(C(C)(C)C)c(C(C)(C)C)cc2[cH-]1.Cc1cc2cc(C(C)(C)C)c(C(C)(C)C)cc2[cH-]1. The first kappa shape index (κ1) is 40.0. The van der Waals surface area contributed by atoms with Gasteiger partial charge in [0, 0.05) is 0 Å². The fraction of sp³-hybridized carbons (Fsp3) is 0.442. The van der Waals surface area contributed by atoms with E-state index in [-0.39, 0.29) is 21.7 Å². The predicted octanol–water partition coefficient (Wildman–Crippen LogP) is 13.4. The van der Waals surface area contributed by atoms with E-state index in [9.17, 15) is 0 Å². The van der Waals surface area contributed by atoms with Gasteiger partial charge >= 0.3 is 82.5 Å². The van der Waals surface area contributed by atoms with Gasteiger partial charge in [0.15, 0.2) is 0 Å². The van der Waals surface area contributed by atoms with E-state index < -0.39 is 23.4 Å². The van der Waals surface area contributed by atoms with Crippen LogP contribution in [0.25, 0.3) is 21.5 Å². The number of hydrogen-bond donors (Lipinski definition) is 0. The summed E-state index contributed by atoms with van der Waals surface area (Å²) in [6.45, 7) is 34.2. The summed E-state index contributed by atoms with van der Waals surface area (Å²) in [5.41, 5.74) is 8.86. The molecule has 4 heteroatoms. The van der Waals surface area contributed by atoms with Gasteiger partial charge in [0.1, 0.15) is 0 Å². The molecule has 0 aliphatic heterocycles. The molecule has 0 spiro atoms. The van der Waals surface area contributed by atoms with Crippen molar-refractivity contribution in [2.24, 2.45) is 0 Å². The summed E-state index contributed by atoms with van der Waals surface area (Å²) in [6, 6.07) is 29.1. The zero-order valence-corrected chi connectivity index (χ0v) is 36.7. The number of halogens is 2. The quantitative estimate of drug-likeness (QED) is 0.118. The Morgan fingerprint density at radius 1 is 0.511 bits per heavy atom. The van der Waals surface area contributed by atoms with Gasteiger partial charge in [-0.05, 0) is 21.7 Å². The molecule has 0 aliphatic carbocycles. The molecule has 5 rings (SSSR count). The van der Waals surface area contributed by atoms with Gasteiger partial charge in [-0.25, -0.2) is 0 Å². The summed E-state index contributed by atoms with van der Waals surface area (Å²) in [6.07, 6.45) is 0. The van der Waals surface area contributed by atoms with Crippen molar-refractivity contribution in [1.29, 1.82) is 0 Å². The van der Waals surface area contributed by atoms with Crippen LogP contribution >= 0.6 is 17.0 Å². The van der Waals surface area contributed by atoms with Gasteiger partial charge in [-0.1, -0.05) is 119 Å². The maximum Gasteiger partial charge on any atom is -0.0145 e. The molecule has 0 nitrogen and oxygen atoms in total. The van der Waals surface area contributed by atoms with E-state index in [2.05, 4.69) is 164 Å². The molecular formula is C43H58Cl2SiZr-2. The minimum atomic E-state index is -1.95. The normalized spacial score (nSPS) is 12.4. The zero-order valence-electron chi connectivity index (χ0n) is 31.8. The Hall–Kier alpha value is -1.44. The number of hydrogen-bond acceptors (Lipinski definition) is 0. The molecule has 0 N–H and O–H groups in total. The molecule has 0 unspecified atom stereocenters. The fourth-order valence-electron chi connectivity index (χ4n) is 6.11. The first-order valence-electron chi connectivity index (χ1n) is 16.9. The van der Waals surface area contributed by atoms with Gasteiger partial charge < -0.3 is 0 Å². The zero-order chi connectivity index (χ0) is 35.7. The third kappa shape index (κ3) is 10.8. The molecule has 47 heavy (non-hydrogen) atoms. The maximum atomic E-state index is 5.97. The van der Waals surface area contributed by atoms with Crippen LogP contribution in [0.4, 0.5) is 0 Å². The third-order valence-electron chi connectivity index (χ3n) is 8.70. The molecule has 254 valence electrons. The Labute approximate surface area is 302 Å². The van der Waals surface area contributed by atoms with Crippen molar-refractivity contribution in [3.63, 3.8) is 0 Å². The number of benzene rings is 3. The van der Waals surface area contributed by atoms with E-state index in [1.165, 1.54) is 60.1 Å². The first-order valence-corrected chi connectivity index (χ1v) is 28.9. The number of aryl methyl sites for hydroxylation is 2. The van der Waals surface area contributed by atoms with Crippen LogP contribution in [0.15, 0.2) is 78.9 Å². The van der Waals surface area contributed by atoms with Gasteiger partial charge in [-0.15, -0.1) is 69.1 Å². The van der Waals surface area contributed by atoms with Crippen LogP contribution in [-0.2, 0) is 39.6 Å². The summed E-state index contributed by atoms with van der Waals surface area (Å²) >= 11 is -1.95. The van der Waals surface area contributed by atoms with Crippen LogP contribution in [0, 0.1) is 13.8 Å². The Morgan fingerprint density at radius 2 is 0.830 bits per heavy atom. The van der Waals surface area contributed by atoms with Gasteiger partial charge in [-0.2, -0.15) is 12.1 Å². The van der Waals surface area contributed by atoms with Crippen LogP contribution in [0.2, 0.25) is 6.55 Å². The van der Waals surface area contributed by atoms with E-state index in [1.54, 1.807) is 0 Å².